The van der Waals surface area contributed by atoms with Gasteiger partial charge in [0.2, 0.25) is 0 Å². The predicted octanol–water partition coefficient (Wildman–Crippen LogP) is -3.49. The fraction of sp³-hybridized carbons (Fsp3) is 0.750. The van der Waals surface area contributed by atoms with Crippen molar-refractivity contribution in [3.05, 3.63) is 32.6 Å². The maximum atomic E-state index is 12.2. The number of aliphatic hydroxyl groups is 4. The molecular formula is C16H27N3O15P2. The van der Waals surface area contributed by atoms with Crippen LogP contribution in [0, 0.1) is 6.92 Å². The van der Waals surface area contributed by atoms with E-state index in [2.05, 4.69) is 18.3 Å². The Labute approximate surface area is 202 Å². The van der Waals surface area contributed by atoms with E-state index in [1.807, 2.05) is 0 Å². The molecule has 2 saturated heterocycles. The smallest absolute Gasteiger partial charge is 0.390 e. The topological polar surface area (TPSA) is 283 Å². The van der Waals surface area contributed by atoms with Crippen LogP contribution in [0.1, 0.15) is 18.2 Å². The van der Waals surface area contributed by atoms with Crippen molar-refractivity contribution < 1.29 is 62.2 Å². The molecule has 18 nitrogen and oxygen atoms in total. The number of aliphatic hydroxyl groups excluding tert-OH is 4. The molecular weight excluding hydrogens is 536 g/mol. The van der Waals surface area contributed by atoms with Gasteiger partial charge in [-0.3, -0.25) is 23.4 Å². The first-order chi connectivity index (χ1) is 16.6. The highest BCUT2D eigenvalue weighted by atomic mass is 31.3. The van der Waals surface area contributed by atoms with Gasteiger partial charge in [0.05, 0.1) is 12.7 Å². The molecule has 3 rings (SSSR count). The number of phosphoric ester groups is 2. The van der Waals surface area contributed by atoms with Gasteiger partial charge in [0, 0.05) is 24.7 Å². The molecule has 9 N–H and O–H groups in total. The lowest BCUT2D eigenvalue weighted by atomic mass is 9.99. The second-order valence-electron chi connectivity index (χ2n) is 8.08. The second kappa shape index (κ2) is 11.2. The first-order valence-electron chi connectivity index (χ1n) is 10.4. The molecule has 206 valence electrons. The minimum Gasteiger partial charge on any atom is -0.390 e. The van der Waals surface area contributed by atoms with E-state index in [1.165, 1.54) is 13.1 Å². The molecule has 2 aliphatic heterocycles. The standard InChI is InChI=1S/C16H27N3O15P2/c1-6-4-19(16(25)18-14(6)24)10-2-7(20)9(31-10)5-30-35(26,27)34-36(28,29)33-15-13(23)12(22)11(21)8(3-17)32-15/h4,7-13,15,20-23H,2-3,5,17H2,1H3,(H,26,27)(H,28,29)(H,18,24,25)/t7-,8+,9+,10?,11+,12-,13+,15?/m0/s1. The SMILES string of the molecule is Cc1cn(C2C[C@H](O)[C@@H](COP(=O)(O)OP(=O)(O)OC3O[C@H](CN)[C@@H](O)[C@H](O)[C@H]3O)O2)c(=O)[nH]c1=O. The van der Waals surface area contributed by atoms with E-state index < -0.39 is 82.6 Å². The minimum absolute atomic E-state index is 0.162. The highest BCUT2D eigenvalue weighted by Gasteiger charge is 2.48. The van der Waals surface area contributed by atoms with Gasteiger partial charge in [-0.2, -0.15) is 4.31 Å². The van der Waals surface area contributed by atoms with Crippen LogP contribution in [0.15, 0.2) is 15.8 Å². The van der Waals surface area contributed by atoms with Gasteiger partial charge < -0.3 is 45.4 Å². The number of hydrogen-bond donors (Lipinski definition) is 8. The van der Waals surface area contributed by atoms with Gasteiger partial charge in [-0.1, -0.05) is 0 Å². The minimum atomic E-state index is -5.50. The number of hydrogen-bond acceptors (Lipinski definition) is 14. The Hall–Kier alpha value is -1.34. The number of phosphoric acid groups is 2. The van der Waals surface area contributed by atoms with Gasteiger partial charge in [0.15, 0.2) is 6.29 Å². The maximum absolute atomic E-state index is 12.2. The zero-order valence-corrected chi connectivity index (χ0v) is 20.4. The van der Waals surface area contributed by atoms with Gasteiger partial charge in [-0.05, 0) is 6.92 Å². The highest BCUT2D eigenvalue weighted by Crippen LogP contribution is 2.61. The Balaban J connectivity index is 1.59. The van der Waals surface area contributed by atoms with Crippen LogP contribution < -0.4 is 17.0 Å². The van der Waals surface area contributed by atoms with E-state index in [4.69, 9.17) is 15.2 Å². The monoisotopic (exact) mass is 563 g/mol. The molecule has 1 aromatic heterocycles. The average molecular weight is 563 g/mol. The third kappa shape index (κ3) is 6.75. The van der Waals surface area contributed by atoms with E-state index in [-0.39, 0.29) is 18.5 Å². The zero-order chi connectivity index (χ0) is 27.0. The van der Waals surface area contributed by atoms with Crippen LogP contribution >= 0.6 is 15.6 Å². The molecule has 0 spiro atoms. The molecule has 0 radical (unpaired) electrons. The van der Waals surface area contributed by atoms with Crippen LogP contribution in [0.25, 0.3) is 0 Å². The molecule has 0 saturated carbocycles. The fourth-order valence-corrected chi connectivity index (χ4v) is 5.66. The van der Waals surface area contributed by atoms with Gasteiger partial charge >= 0.3 is 21.3 Å². The quantitative estimate of drug-likeness (QED) is 0.135. The summed E-state index contributed by atoms with van der Waals surface area (Å²) >= 11 is 0. The summed E-state index contributed by atoms with van der Waals surface area (Å²) in [7, 11) is -10.9. The molecule has 0 amide bonds. The summed E-state index contributed by atoms with van der Waals surface area (Å²) in [5.74, 6) is 0. The number of aryl methyl sites for hydroxylation is 1. The number of aromatic nitrogens is 2. The van der Waals surface area contributed by atoms with Crippen molar-refractivity contribution in [2.75, 3.05) is 13.2 Å². The maximum Gasteiger partial charge on any atom is 0.483 e. The van der Waals surface area contributed by atoms with Crippen molar-refractivity contribution in [1.82, 2.24) is 9.55 Å². The summed E-state index contributed by atoms with van der Waals surface area (Å²) in [5.41, 5.74) is 4.10. The lowest BCUT2D eigenvalue weighted by Crippen LogP contribution is -2.59. The molecule has 0 aliphatic carbocycles. The molecule has 2 aliphatic rings. The van der Waals surface area contributed by atoms with E-state index in [9.17, 15) is 48.9 Å². The number of ether oxygens (including phenoxy) is 2. The van der Waals surface area contributed by atoms with E-state index in [0.717, 1.165) is 4.57 Å². The largest absolute Gasteiger partial charge is 0.483 e. The second-order valence-corrected chi connectivity index (χ2v) is 11.1. The van der Waals surface area contributed by atoms with Crippen molar-refractivity contribution in [3.8, 4) is 0 Å². The average Bonchev–Trinajstić information content (AvgIpc) is 3.14. The lowest BCUT2D eigenvalue weighted by Gasteiger charge is -2.39. The summed E-state index contributed by atoms with van der Waals surface area (Å²) in [5, 5.41) is 39.6. The summed E-state index contributed by atoms with van der Waals surface area (Å²) in [6.07, 6.45) is -11.6. The van der Waals surface area contributed by atoms with Crippen molar-refractivity contribution in [3.63, 3.8) is 0 Å². The molecule has 1 aromatic rings. The summed E-state index contributed by atoms with van der Waals surface area (Å²) in [4.78, 5) is 45.2. The molecule has 10 atom stereocenters. The number of aromatic amines is 1. The van der Waals surface area contributed by atoms with E-state index >= 15 is 0 Å². The normalized spacial score (nSPS) is 36.3. The molecule has 3 heterocycles. The van der Waals surface area contributed by atoms with Gasteiger partial charge in [-0.15, -0.1) is 0 Å². The van der Waals surface area contributed by atoms with Crippen LogP contribution in [0.5, 0.6) is 0 Å². The summed E-state index contributed by atoms with van der Waals surface area (Å²) < 4.78 is 49.1. The van der Waals surface area contributed by atoms with Gasteiger partial charge in [0.1, 0.15) is 36.7 Å². The van der Waals surface area contributed by atoms with Crippen molar-refractivity contribution in [1.29, 1.82) is 0 Å². The molecule has 20 heteroatoms. The first-order valence-corrected chi connectivity index (χ1v) is 13.4. The summed E-state index contributed by atoms with van der Waals surface area (Å²) in [6, 6.07) is 0. The van der Waals surface area contributed by atoms with Crippen LogP contribution in [0.3, 0.4) is 0 Å². The Morgan fingerprint density at radius 2 is 1.75 bits per heavy atom. The third-order valence-electron chi connectivity index (χ3n) is 5.41. The van der Waals surface area contributed by atoms with Crippen molar-refractivity contribution >= 4 is 15.6 Å². The lowest BCUT2D eigenvalue weighted by molar-refractivity contribution is -0.273. The molecule has 4 unspecified atom stereocenters. The number of rotatable bonds is 9. The van der Waals surface area contributed by atoms with Gasteiger partial charge in [0.25, 0.3) is 5.56 Å². The number of nitrogens with zero attached hydrogens (tertiary/aromatic N) is 1. The fourth-order valence-electron chi connectivity index (χ4n) is 3.51. The van der Waals surface area contributed by atoms with E-state index in [1.54, 1.807) is 0 Å². The highest BCUT2D eigenvalue weighted by molar-refractivity contribution is 7.61. The Morgan fingerprint density at radius 1 is 1.08 bits per heavy atom. The third-order valence-corrected chi connectivity index (χ3v) is 8.01. The Morgan fingerprint density at radius 3 is 2.39 bits per heavy atom. The van der Waals surface area contributed by atoms with Crippen molar-refractivity contribution in [2.24, 2.45) is 5.73 Å². The predicted molar refractivity (Wildman–Crippen MR) is 114 cm³/mol. The number of nitrogens with two attached hydrogens (primary N) is 1. The zero-order valence-electron chi connectivity index (χ0n) is 18.6. The van der Waals surface area contributed by atoms with Crippen LogP contribution in [0.4, 0.5) is 0 Å². The van der Waals surface area contributed by atoms with Crippen LogP contribution in [-0.2, 0) is 32.0 Å². The Kier molecular flexibility index (Phi) is 9.08. The first kappa shape index (κ1) is 29.2. The molecule has 2 fully saturated rings. The van der Waals surface area contributed by atoms with Crippen molar-refractivity contribution in [2.45, 2.75) is 62.5 Å². The van der Waals surface area contributed by atoms with E-state index in [0.29, 0.717) is 0 Å². The molecule has 0 bridgehead atoms. The molecule has 36 heavy (non-hydrogen) atoms. The number of H-pyrrole nitrogens is 1. The van der Waals surface area contributed by atoms with Crippen LogP contribution in [0.2, 0.25) is 0 Å². The number of nitrogens with one attached hydrogen (secondary N) is 1. The van der Waals surface area contributed by atoms with Crippen LogP contribution in [-0.4, -0.2) is 95.8 Å². The van der Waals surface area contributed by atoms with Gasteiger partial charge in [-0.25, -0.2) is 13.9 Å². The Bertz CT molecular complexity index is 1140. The molecule has 0 aromatic carbocycles. The summed E-state index contributed by atoms with van der Waals surface area (Å²) in [6.45, 7) is 0.218.